The highest BCUT2D eigenvalue weighted by Crippen LogP contribution is 2.38. The average molecular weight is 414 g/mol. The monoisotopic (exact) mass is 413 g/mol. The van der Waals surface area contributed by atoms with Gasteiger partial charge in [0.25, 0.3) is 0 Å². The summed E-state index contributed by atoms with van der Waals surface area (Å²) in [6.45, 7) is 4.48. The maximum Gasteiger partial charge on any atom is 0.303 e. The van der Waals surface area contributed by atoms with Crippen molar-refractivity contribution in [3.63, 3.8) is 0 Å². The minimum absolute atomic E-state index is 0.244. The summed E-state index contributed by atoms with van der Waals surface area (Å²) < 4.78 is 6.13. The van der Waals surface area contributed by atoms with E-state index in [-0.39, 0.29) is 6.42 Å². The Morgan fingerprint density at radius 2 is 1.86 bits per heavy atom. The lowest BCUT2D eigenvalue weighted by Gasteiger charge is -2.36. The van der Waals surface area contributed by atoms with Gasteiger partial charge in [-0.15, -0.1) is 0 Å². The molecule has 2 heterocycles. The van der Waals surface area contributed by atoms with Crippen molar-refractivity contribution in [1.82, 2.24) is 9.80 Å². The zero-order chi connectivity index (χ0) is 20.2. The fraction of sp³-hybridized carbons (Fsp3) is 0.364. The first kappa shape index (κ1) is 19.7. The Balaban J connectivity index is 1.50. The van der Waals surface area contributed by atoms with Gasteiger partial charge < -0.3 is 14.7 Å². The molecule has 0 unspecified atom stereocenters. The molecule has 1 fully saturated rings. The molecular weight excluding hydrogens is 390 g/mol. The summed E-state index contributed by atoms with van der Waals surface area (Å²) in [5.41, 5.74) is 1.72. The summed E-state index contributed by atoms with van der Waals surface area (Å²) in [6, 6.07) is 13.4. The second-order valence-electron chi connectivity index (χ2n) is 7.33. The largest absolute Gasteiger partial charge is 0.481 e. The quantitative estimate of drug-likeness (QED) is 0.736. The lowest BCUT2D eigenvalue weighted by atomic mass is 10.1. The molecule has 1 saturated heterocycles. The van der Waals surface area contributed by atoms with Crippen molar-refractivity contribution in [3.8, 4) is 11.5 Å². The van der Waals surface area contributed by atoms with Crippen LogP contribution in [-0.2, 0) is 4.79 Å². The van der Waals surface area contributed by atoms with Crippen LogP contribution in [0, 0.1) is 0 Å². The molecule has 7 heteroatoms. The molecule has 0 bridgehead atoms. The van der Waals surface area contributed by atoms with Gasteiger partial charge in [-0.05, 0) is 49.7 Å². The van der Waals surface area contributed by atoms with E-state index < -0.39 is 5.97 Å². The van der Waals surface area contributed by atoms with Crippen molar-refractivity contribution >= 4 is 29.1 Å². The minimum Gasteiger partial charge on any atom is -0.481 e. The highest BCUT2D eigenvalue weighted by atomic mass is 35.5. The van der Waals surface area contributed by atoms with Crippen molar-refractivity contribution in [2.45, 2.75) is 19.3 Å². The van der Waals surface area contributed by atoms with Gasteiger partial charge in [0.15, 0.2) is 5.75 Å². The molecule has 0 spiro atoms. The van der Waals surface area contributed by atoms with Crippen molar-refractivity contribution < 1.29 is 14.6 Å². The zero-order valence-corrected chi connectivity index (χ0v) is 16.9. The van der Waals surface area contributed by atoms with E-state index in [4.69, 9.17) is 26.4 Å². The summed E-state index contributed by atoms with van der Waals surface area (Å²) in [4.78, 5) is 20.3. The standard InChI is InChI=1S/C22H24ClN3O3/c23-16-8-9-19-17(15-16)22(24-18-5-1-2-6-20(18)29-19)26-13-11-25(12-14-26)10-4-3-7-21(27)28/h1-2,5-6,8-9,15H,3-4,7,10-14H2,(H,27,28). The number of para-hydroxylation sites is 2. The molecule has 0 amide bonds. The van der Waals surface area contributed by atoms with Crippen molar-refractivity contribution in [2.75, 3.05) is 32.7 Å². The summed E-state index contributed by atoms with van der Waals surface area (Å²) in [5.74, 6) is 1.66. The van der Waals surface area contributed by atoms with E-state index in [0.29, 0.717) is 5.02 Å². The molecule has 1 N–H and O–H groups in total. The Kier molecular flexibility index (Phi) is 6.02. The predicted molar refractivity (Wildman–Crippen MR) is 114 cm³/mol. The summed E-state index contributed by atoms with van der Waals surface area (Å²) in [6.07, 6.45) is 1.88. The molecule has 2 aliphatic rings. The molecule has 4 rings (SSSR count). The zero-order valence-electron chi connectivity index (χ0n) is 16.2. The number of nitrogens with zero attached hydrogens (tertiary/aromatic N) is 3. The van der Waals surface area contributed by atoms with Crippen LogP contribution >= 0.6 is 11.6 Å². The second-order valence-corrected chi connectivity index (χ2v) is 7.76. The van der Waals surface area contributed by atoms with E-state index in [1.165, 1.54) is 0 Å². The number of hydrogen-bond acceptors (Lipinski definition) is 5. The van der Waals surface area contributed by atoms with E-state index in [0.717, 1.165) is 74.2 Å². The van der Waals surface area contributed by atoms with Gasteiger partial charge >= 0.3 is 5.97 Å². The molecule has 152 valence electrons. The third-order valence-electron chi connectivity index (χ3n) is 5.28. The molecule has 6 nitrogen and oxygen atoms in total. The second kappa shape index (κ2) is 8.84. The third-order valence-corrected chi connectivity index (χ3v) is 5.52. The first-order chi connectivity index (χ1) is 14.1. The molecule has 2 aliphatic heterocycles. The van der Waals surface area contributed by atoms with Crippen LogP contribution in [0.25, 0.3) is 0 Å². The molecule has 0 aliphatic carbocycles. The van der Waals surface area contributed by atoms with Gasteiger partial charge in [-0.25, -0.2) is 4.99 Å². The van der Waals surface area contributed by atoms with Crippen LogP contribution < -0.4 is 4.74 Å². The highest BCUT2D eigenvalue weighted by Gasteiger charge is 2.26. The maximum atomic E-state index is 10.7. The Labute approximate surface area is 175 Å². The molecule has 0 aromatic heterocycles. The van der Waals surface area contributed by atoms with Crippen LogP contribution in [0.2, 0.25) is 5.02 Å². The fourth-order valence-electron chi connectivity index (χ4n) is 3.73. The van der Waals surface area contributed by atoms with Crippen molar-refractivity contribution in [1.29, 1.82) is 0 Å². The third kappa shape index (κ3) is 4.71. The number of halogens is 1. The smallest absolute Gasteiger partial charge is 0.303 e. The highest BCUT2D eigenvalue weighted by molar-refractivity contribution is 6.31. The van der Waals surface area contributed by atoms with Gasteiger partial charge in [0, 0.05) is 37.6 Å². The van der Waals surface area contributed by atoms with E-state index in [1.807, 2.05) is 42.5 Å². The number of carboxylic acid groups (broad SMARTS) is 1. The Bertz CT molecular complexity index is 923. The number of amidine groups is 1. The number of carbonyl (C=O) groups is 1. The predicted octanol–water partition coefficient (Wildman–Crippen LogP) is 4.40. The van der Waals surface area contributed by atoms with Crippen LogP contribution in [0.4, 0.5) is 5.69 Å². The fourth-order valence-corrected chi connectivity index (χ4v) is 3.90. The Hall–Kier alpha value is -2.57. The van der Waals surface area contributed by atoms with E-state index in [9.17, 15) is 4.79 Å². The Morgan fingerprint density at radius 3 is 2.66 bits per heavy atom. The van der Waals surface area contributed by atoms with E-state index in [2.05, 4.69) is 9.80 Å². The summed E-state index contributed by atoms with van der Waals surface area (Å²) in [7, 11) is 0. The number of piperazine rings is 1. The summed E-state index contributed by atoms with van der Waals surface area (Å²) in [5, 5.41) is 9.42. The molecule has 29 heavy (non-hydrogen) atoms. The lowest BCUT2D eigenvalue weighted by Crippen LogP contribution is -2.49. The van der Waals surface area contributed by atoms with E-state index in [1.54, 1.807) is 0 Å². The molecule has 2 aromatic rings. The molecule has 0 atom stereocenters. The molecule has 0 radical (unpaired) electrons. The maximum absolute atomic E-state index is 10.7. The number of hydrogen-bond donors (Lipinski definition) is 1. The topological polar surface area (TPSA) is 65.4 Å². The Morgan fingerprint density at radius 1 is 1.07 bits per heavy atom. The van der Waals surface area contributed by atoms with Gasteiger partial charge in [-0.1, -0.05) is 23.7 Å². The first-order valence-electron chi connectivity index (χ1n) is 9.95. The SMILES string of the molecule is O=C(O)CCCCN1CCN(C2=Nc3ccccc3Oc3ccc(Cl)cc32)CC1. The number of unbranched alkanes of at least 4 members (excludes halogenated alkanes) is 1. The van der Waals surface area contributed by atoms with Crippen LogP contribution in [-0.4, -0.2) is 59.4 Å². The van der Waals surface area contributed by atoms with Gasteiger partial charge in [0.05, 0.1) is 5.56 Å². The molecule has 0 saturated carbocycles. The number of ether oxygens (including phenoxy) is 1. The van der Waals surface area contributed by atoms with E-state index >= 15 is 0 Å². The van der Waals surface area contributed by atoms with Gasteiger partial charge in [-0.2, -0.15) is 0 Å². The first-order valence-corrected chi connectivity index (χ1v) is 10.3. The minimum atomic E-state index is -0.721. The average Bonchev–Trinajstić information content (AvgIpc) is 2.88. The number of rotatable bonds is 5. The summed E-state index contributed by atoms with van der Waals surface area (Å²) >= 11 is 6.28. The normalized spacial score (nSPS) is 16.3. The number of aliphatic carboxylic acids is 1. The van der Waals surface area contributed by atoms with Crippen LogP contribution in [0.3, 0.4) is 0 Å². The number of fused-ring (bicyclic) bond motifs is 2. The van der Waals surface area contributed by atoms with Crippen LogP contribution in [0.15, 0.2) is 47.5 Å². The number of carboxylic acids is 1. The molecular formula is C22H24ClN3O3. The van der Waals surface area contributed by atoms with Gasteiger partial charge in [0.2, 0.25) is 0 Å². The number of aliphatic imine (C=N–C) groups is 1. The van der Waals surface area contributed by atoms with Crippen LogP contribution in [0.5, 0.6) is 11.5 Å². The molecule has 2 aromatic carbocycles. The van der Waals surface area contributed by atoms with Crippen molar-refractivity contribution in [2.24, 2.45) is 4.99 Å². The van der Waals surface area contributed by atoms with Crippen molar-refractivity contribution in [3.05, 3.63) is 53.1 Å². The van der Waals surface area contributed by atoms with Gasteiger partial charge in [0.1, 0.15) is 17.3 Å². The lowest BCUT2D eigenvalue weighted by molar-refractivity contribution is -0.137. The van der Waals surface area contributed by atoms with Gasteiger partial charge in [-0.3, -0.25) is 9.69 Å². The van der Waals surface area contributed by atoms with Crippen LogP contribution in [0.1, 0.15) is 24.8 Å². The number of benzene rings is 2.